The van der Waals surface area contributed by atoms with E-state index in [1.165, 1.54) is 5.01 Å². The van der Waals surface area contributed by atoms with Crippen LogP contribution in [0.25, 0.3) is 0 Å². The van der Waals surface area contributed by atoms with Crippen molar-refractivity contribution >= 4 is 33.4 Å². The minimum atomic E-state index is -0.807. The summed E-state index contributed by atoms with van der Waals surface area (Å²) in [4.78, 5) is 17.5. The van der Waals surface area contributed by atoms with Gasteiger partial charge in [0.15, 0.2) is 0 Å². The van der Waals surface area contributed by atoms with Crippen LogP contribution in [0.3, 0.4) is 0 Å². The predicted octanol–water partition coefficient (Wildman–Crippen LogP) is 3.31. The van der Waals surface area contributed by atoms with Crippen molar-refractivity contribution < 1.29 is 14.6 Å². The molecule has 0 radical (unpaired) electrons. The van der Waals surface area contributed by atoms with Gasteiger partial charge in [-0.2, -0.15) is 0 Å². The van der Waals surface area contributed by atoms with Crippen molar-refractivity contribution in [1.82, 2.24) is 9.88 Å². The van der Waals surface area contributed by atoms with Crippen molar-refractivity contribution in [2.75, 3.05) is 13.2 Å². The summed E-state index contributed by atoms with van der Waals surface area (Å²) in [7, 11) is 0. The minimum absolute atomic E-state index is 0.0584. The lowest BCUT2D eigenvalue weighted by molar-refractivity contribution is -0.0728. The zero-order valence-electron chi connectivity index (χ0n) is 11.0. The number of ether oxygens (including phenoxy) is 1. The molecule has 1 aromatic rings. The van der Waals surface area contributed by atoms with Gasteiger partial charge in [0.1, 0.15) is 0 Å². The lowest BCUT2D eigenvalue weighted by Crippen LogP contribution is -2.56. The Morgan fingerprint density at radius 3 is 2.50 bits per heavy atom. The summed E-state index contributed by atoms with van der Waals surface area (Å²) < 4.78 is 6.19. The van der Waals surface area contributed by atoms with Gasteiger partial charge >= 0.3 is 6.09 Å². The van der Waals surface area contributed by atoms with Crippen LogP contribution >= 0.6 is 27.3 Å². The largest absolute Gasteiger partial charge is 0.465 e. The zero-order valence-corrected chi connectivity index (χ0v) is 13.4. The maximum Gasteiger partial charge on any atom is 0.407 e. The normalized spacial score (nSPS) is 27.1. The molecule has 1 aliphatic heterocycles. The van der Waals surface area contributed by atoms with Crippen molar-refractivity contribution in [2.24, 2.45) is 0 Å². The average molecular weight is 361 g/mol. The molecule has 1 amide bonds. The molecule has 110 valence electrons. The fourth-order valence-corrected chi connectivity index (χ4v) is 4.46. The van der Waals surface area contributed by atoms with Crippen LogP contribution in [0.15, 0.2) is 9.98 Å². The SMILES string of the molecule is O=C(O)N(C1CCC(c2ncc(Br)s2)CC1)C1COC1. The summed E-state index contributed by atoms with van der Waals surface area (Å²) in [5.74, 6) is 0.482. The first-order valence-electron chi connectivity index (χ1n) is 6.85. The second-order valence-corrected chi connectivity index (χ2v) is 7.83. The first kappa shape index (κ1) is 14.3. The van der Waals surface area contributed by atoms with Crippen molar-refractivity contribution in [3.05, 3.63) is 15.0 Å². The Hall–Kier alpha value is -0.660. The highest BCUT2D eigenvalue weighted by atomic mass is 79.9. The van der Waals surface area contributed by atoms with Crippen LogP contribution in [-0.4, -0.2) is 46.4 Å². The molecule has 7 heteroatoms. The molecule has 1 aliphatic carbocycles. The lowest BCUT2D eigenvalue weighted by Gasteiger charge is -2.42. The Morgan fingerprint density at radius 1 is 1.35 bits per heavy atom. The number of carbonyl (C=O) groups is 1. The van der Waals surface area contributed by atoms with Gasteiger partial charge in [0, 0.05) is 12.0 Å². The summed E-state index contributed by atoms with van der Waals surface area (Å²) in [6, 6.07) is 0.198. The van der Waals surface area contributed by atoms with E-state index in [0.29, 0.717) is 19.1 Å². The van der Waals surface area contributed by atoms with Gasteiger partial charge in [0.05, 0.1) is 34.2 Å². The quantitative estimate of drug-likeness (QED) is 0.897. The third-order valence-electron chi connectivity index (χ3n) is 4.17. The summed E-state index contributed by atoms with van der Waals surface area (Å²) in [6.07, 6.45) is 4.92. The van der Waals surface area contributed by atoms with E-state index in [4.69, 9.17) is 4.74 Å². The first-order chi connectivity index (χ1) is 9.65. The number of carboxylic acid groups (broad SMARTS) is 1. The summed E-state index contributed by atoms with van der Waals surface area (Å²) in [5.41, 5.74) is 0. The van der Waals surface area contributed by atoms with E-state index in [1.807, 2.05) is 6.20 Å². The summed E-state index contributed by atoms with van der Waals surface area (Å²) in [6.45, 7) is 1.09. The third-order valence-corrected chi connectivity index (χ3v) is 5.81. The van der Waals surface area contributed by atoms with Gasteiger partial charge in [-0.05, 0) is 41.6 Å². The van der Waals surface area contributed by atoms with Gasteiger partial charge in [-0.1, -0.05) is 0 Å². The van der Waals surface area contributed by atoms with Crippen LogP contribution in [0, 0.1) is 0 Å². The summed E-state index contributed by atoms with van der Waals surface area (Å²) >= 11 is 5.13. The molecule has 1 saturated carbocycles. The molecular weight excluding hydrogens is 344 g/mol. The number of hydrogen-bond acceptors (Lipinski definition) is 4. The number of rotatable bonds is 3. The third kappa shape index (κ3) is 2.84. The Morgan fingerprint density at radius 2 is 2.05 bits per heavy atom. The number of thiazole rings is 1. The molecule has 2 aliphatic rings. The monoisotopic (exact) mass is 360 g/mol. The highest BCUT2D eigenvalue weighted by Gasteiger charge is 2.37. The number of aromatic nitrogens is 1. The van der Waals surface area contributed by atoms with Crippen LogP contribution in [0.4, 0.5) is 4.79 Å². The molecule has 2 fully saturated rings. The maximum absolute atomic E-state index is 11.4. The van der Waals surface area contributed by atoms with Gasteiger partial charge in [-0.3, -0.25) is 4.90 Å². The molecule has 0 bridgehead atoms. The van der Waals surface area contributed by atoms with Crippen LogP contribution < -0.4 is 0 Å². The Balaban J connectivity index is 1.61. The maximum atomic E-state index is 11.4. The fourth-order valence-electron chi connectivity index (χ4n) is 3.05. The van der Waals surface area contributed by atoms with E-state index in [0.717, 1.165) is 29.5 Å². The van der Waals surface area contributed by atoms with Crippen LogP contribution in [0.2, 0.25) is 0 Å². The van der Waals surface area contributed by atoms with Gasteiger partial charge in [0.25, 0.3) is 0 Å². The van der Waals surface area contributed by atoms with Gasteiger partial charge < -0.3 is 9.84 Å². The number of halogens is 1. The minimum Gasteiger partial charge on any atom is -0.465 e. The molecule has 20 heavy (non-hydrogen) atoms. The van der Waals surface area contributed by atoms with E-state index in [2.05, 4.69) is 20.9 Å². The number of hydrogen-bond donors (Lipinski definition) is 1. The van der Waals surface area contributed by atoms with Crippen LogP contribution in [0.1, 0.15) is 36.6 Å². The molecule has 0 unspecified atom stereocenters. The van der Waals surface area contributed by atoms with E-state index in [-0.39, 0.29) is 12.1 Å². The molecule has 0 atom stereocenters. The molecule has 1 N–H and O–H groups in total. The molecule has 0 aromatic carbocycles. The summed E-state index contributed by atoms with van der Waals surface area (Å²) in [5, 5.41) is 10.6. The van der Waals surface area contributed by atoms with Crippen LogP contribution in [-0.2, 0) is 4.74 Å². The fraction of sp³-hybridized carbons (Fsp3) is 0.692. The number of amides is 1. The van der Waals surface area contributed by atoms with Crippen molar-refractivity contribution in [1.29, 1.82) is 0 Å². The highest BCUT2D eigenvalue weighted by Crippen LogP contribution is 2.38. The van der Waals surface area contributed by atoms with Crippen molar-refractivity contribution in [3.8, 4) is 0 Å². The highest BCUT2D eigenvalue weighted by molar-refractivity contribution is 9.11. The second kappa shape index (κ2) is 5.99. The standard InChI is InChI=1S/C13H17BrN2O3S/c14-11-5-15-12(20-11)8-1-3-9(4-2-8)16(13(17)18)10-6-19-7-10/h5,8-10H,1-4,6-7H2,(H,17,18). The van der Waals surface area contributed by atoms with Crippen molar-refractivity contribution in [3.63, 3.8) is 0 Å². The van der Waals surface area contributed by atoms with Gasteiger partial charge in [-0.25, -0.2) is 9.78 Å². The van der Waals surface area contributed by atoms with E-state index in [1.54, 1.807) is 16.2 Å². The smallest absolute Gasteiger partial charge is 0.407 e. The topological polar surface area (TPSA) is 62.7 Å². The van der Waals surface area contributed by atoms with E-state index >= 15 is 0 Å². The Labute approximate surface area is 130 Å². The zero-order chi connectivity index (χ0) is 14.1. The van der Waals surface area contributed by atoms with E-state index in [9.17, 15) is 9.90 Å². The molecular formula is C13H17BrN2O3S. The molecule has 1 aromatic heterocycles. The molecule has 0 spiro atoms. The van der Waals surface area contributed by atoms with Gasteiger partial charge in [0.2, 0.25) is 0 Å². The number of nitrogens with zero attached hydrogens (tertiary/aromatic N) is 2. The molecule has 2 heterocycles. The lowest BCUT2D eigenvalue weighted by atomic mass is 9.85. The average Bonchev–Trinajstić information content (AvgIpc) is 2.80. The Bertz CT molecular complexity index is 484. The molecule has 3 rings (SSSR count). The van der Waals surface area contributed by atoms with Crippen molar-refractivity contribution in [2.45, 2.75) is 43.7 Å². The predicted molar refractivity (Wildman–Crippen MR) is 79.3 cm³/mol. The van der Waals surface area contributed by atoms with E-state index < -0.39 is 6.09 Å². The van der Waals surface area contributed by atoms with Gasteiger partial charge in [-0.15, -0.1) is 11.3 Å². The van der Waals surface area contributed by atoms with Crippen LogP contribution in [0.5, 0.6) is 0 Å². The molecule has 5 nitrogen and oxygen atoms in total. The second-order valence-electron chi connectivity index (χ2n) is 5.39. The first-order valence-corrected chi connectivity index (χ1v) is 8.46. The molecule has 1 saturated heterocycles. The Kier molecular flexibility index (Phi) is 4.28.